The molecule has 0 saturated heterocycles. The molecule has 1 unspecified atom stereocenters. The number of hydrazine groups is 1. The highest BCUT2D eigenvalue weighted by molar-refractivity contribution is 9.10. The first kappa shape index (κ1) is 14.1. The molecule has 0 aliphatic carbocycles. The van der Waals surface area contributed by atoms with E-state index in [0.717, 1.165) is 17.0 Å². The highest BCUT2D eigenvalue weighted by Gasteiger charge is 2.15. The summed E-state index contributed by atoms with van der Waals surface area (Å²) in [5.41, 5.74) is 5.36. The molecule has 0 bridgehead atoms. The Balaban J connectivity index is 2.26. The zero-order chi connectivity index (χ0) is 13.8. The number of pyridine rings is 1. The monoisotopic (exact) mass is 323 g/mol. The smallest absolute Gasteiger partial charge is 0.137 e. The zero-order valence-corrected chi connectivity index (χ0v) is 12.1. The van der Waals surface area contributed by atoms with Gasteiger partial charge in [0, 0.05) is 5.69 Å². The maximum atomic E-state index is 13.5. The second-order valence-corrected chi connectivity index (χ2v) is 5.13. The van der Waals surface area contributed by atoms with E-state index in [4.69, 9.17) is 5.84 Å². The van der Waals surface area contributed by atoms with Crippen LogP contribution in [0.3, 0.4) is 0 Å². The Bertz CT molecular complexity index is 574. The van der Waals surface area contributed by atoms with Crippen molar-refractivity contribution in [2.24, 2.45) is 5.84 Å². The van der Waals surface area contributed by atoms with Crippen LogP contribution in [0.2, 0.25) is 0 Å². The molecule has 3 N–H and O–H groups in total. The zero-order valence-electron chi connectivity index (χ0n) is 10.5. The van der Waals surface area contributed by atoms with Gasteiger partial charge in [-0.15, -0.1) is 0 Å². The van der Waals surface area contributed by atoms with Crippen molar-refractivity contribution in [3.63, 3.8) is 0 Å². The second kappa shape index (κ2) is 6.23. The summed E-state index contributed by atoms with van der Waals surface area (Å²) in [4.78, 5) is 4.44. The van der Waals surface area contributed by atoms with Gasteiger partial charge in [-0.05, 0) is 53.0 Å². The van der Waals surface area contributed by atoms with E-state index in [1.807, 2.05) is 31.2 Å². The summed E-state index contributed by atoms with van der Waals surface area (Å²) in [7, 11) is 0. The third kappa shape index (κ3) is 3.37. The lowest BCUT2D eigenvalue weighted by atomic mass is 10.0. The summed E-state index contributed by atoms with van der Waals surface area (Å²) in [5.74, 6) is 5.32. The normalized spacial score (nSPS) is 12.4. The van der Waals surface area contributed by atoms with Crippen molar-refractivity contribution in [2.45, 2.75) is 19.4 Å². The summed E-state index contributed by atoms with van der Waals surface area (Å²) < 4.78 is 14.0. The molecular weight excluding hydrogens is 309 g/mol. The molecule has 19 heavy (non-hydrogen) atoms. The van der Waals surface area contributed by atoms with Gasteiger partial charge in [-0.1, -0.05) is 18.2 Å². The molecule has 0 aliphatic rings. The maximum Gasteiger partial charge on any atom is 0.137 e. The van der Waals surface area contributed by atoms with E-state index in [-0.39, 0.29) is 11.9 Å². The molecule has 0 fully saturated rings. The first-order chi connectivity index (χ1) is 9.11. The van der Waals surface area contributed by atoms with Crippen LogP contribution in [0.15, 0.2) is 40.9 Å². The van der Waals surface area contributed by atoms with Crippen LogP contribution in [0.1, 0.15) is 23.0 Å². The van der Waals surface area contributed by atoms with Crippen molar-refractivity contribution in [3.05, 3.63) is 63.6 Å². The molecule has 2 aromatic rings. The Kier molecular flexibility index (Phi) is 4.63. The van der Waals surface area contributed by atoms with E-state index in [2.05, 4.69) is 26.3 Å². The van der Waals surface area contributed by atoms with Crippen LogP contribution >= 0.6 is 15.9 Å². The van der Waals surface area contributed by atoms with Gasteiger partial charge in [-0.25, -0.2) is 4.39 Å². The number of halogens is 2. The van der Waals surface area contributed by atoms with E-state index in [0.29, 0.717) is 10.9 Å². The van der Waals surface area contributed by atoms with Gasteiger partial charge < -0.3 is 0 Å². The van der Waals surface area contributed by atoms with E-state index < -0.39 is 0 Å². The number of aryl methyl sites for hydroxylation is 1. The number of benzene rings is 1. The molecule has 100 valence electrons. The van der Waals surface area contributed by atoms with Gasteiger partial charge in [-0.2, -0.15) is 0 Å². The Morgan fingerprint density at radius 2 is 2.05 bits per heavy atom. The highest BCUT2D eigenvalue weighted by Crippen LogP contribution is 2.25. The lowest BCUT2D eigenvalue weighted by molar-refractivity contribution is 0.533. The molecule has 0 radical (unpaired) electrons. The van der Waals surface area contributed by atoms with E-state index >= 15 is 0 Å². The number of hydrogen-bond acceptors (Lipinski definition) is 3. The van der Waals surface area contributed by atoms with Crippen molar-refractivity contribution >= 4 is 15.9 Å². The molecule has 0 saturated carbocycles. The fourth-order valence-electron chi connectivity index (χ4n) is 1.93. The number of aromatic nitrogens is 1. The van der Waals surface area contributed by atoms with Gasteiger partial charge in [0.15, 0.2) is 0 Å². The summed E-state index contributed by atoms with van der Waals surface area (Å²) in [6.45, 7) is 1.93. The van der Waals surface area contributed by atoms with Crippen molar-refractivity contribution in [2.75, 3.05) is 0 Å². The molecular formula is C14H15BrFN3. The summed E-state index contributed by atoms with van der Waals surface area (Å²) in [6.07, 6.45) is 0.561. The van der Waals surface area contributed by atoms with Gasteiger partial charge in [0.05, 0.1) is 16.2 Å². The number of hydrogen-bond donors (Lipinski definition) is 2. The van der Waals surface area contributed by atoms with Gasteiger partial charge in [-0.3, -0.25) is 16.3 Å². The Morgan fingerprint density at radius 1 is 1.32 bits per heavy atom. The Labute approximate surface area is 120 Å². The van der Waals surface area contributed by atoms with Crippen molar-refractivity contribution in [1.82, 2.24) is 10.4 Å². The van der Waals surface area contributed by atoms with Gasteiger partial charge >= 0.3 is 0 Å². The number of nitrogens with two attached hydrogens (primary N) is 1. The lowest BCUT2D eigenvalue weighted by Gasteiger charge is -2.17. The standard InChI is InChI=1S/C14H15BrFN3/c1-9-4-2-7-12(18-9)13(19-17)8-10-5-3-6-11(16)14(10)15/h2-7,13,19H,8,17H2,1H3. The average Bonchev–Trinajstić information content (AvgIpc) is 2.40. The van der Waals surface area contributed by atoms with E-state index in [1.165, 1.54) is 6.07 Å². The molecule has 0 amide bonds. The molecule has 5 heteroatoms. The number of rotatable bonds is 4. The predicted molar refractivity (Wildman–Crippen MR) is 76.8 cm³/mol. The molecule has 0 spiro atoms. The van der Waals surface area contributed by atoms with Crippen LogP contribution in [0, 0.1) is 12.7 Å². The van der Waals surface area contributed by atoms with Crippen molar-refractivity contribution in [1.29, 1.82) is 0 Å². The minimum atomic E-state index is -0.273. The number of nitrogens with one attached hydrogen (secondary N) is 1. The van der Waals surface area contributed by atoms with Crippen LogP contribution < -0.4 is 11.3 Å². The van der Waals surface area contributed by atoms with Crippen molar-refractivity contribution < 1.29 is 4.39 Å². The topological polar surface area (TPSA) is 50.9 Å². The SMILES string of the molecule is Cc1cccc(C(Cc2cccc(F)c2Br)NN)n1. The summed E-state index contributed by atoms with van der Waals surface area (Å²) in [5, 5.41) is 0. The first-order valence-corrected chi connectivity index (χ1v) is 6.73. The van der Waals surface area contributed by atoms with Crippen molar-refractivity contribution in [3.8, 4) is 0 Å². The van der Waals surface area contributed by atoms with Gasteiger partial charge in [0.1, 0.15) is 5.82 Å². The van der Waals surface area contributed by atoms with E-state index in [9.17, 15) is 4.39 Å². The molecule has 0 aliphatic heterocycles. The molecule has 1 heterocycles. The van der Waals surface area contributed by atoms with Crippen LogP contribution in [-0.2, 0) is 6.42 Å². The summed E-state index contributed by atoms with van der Waals surface area (Å²) in [6, 6.07) is 10.6. The van der Waals surface area contributed by atoms with Crippen LogP contribution in [0.5, 0.6) is 0 Å². The fraction of sp³-hybridized carbons (Fsp3) is 0.214. The summed E-state index contributed by atoms with van der Waals surface area (Å²) >= 11 is 3.26. The van der Waals surface area contributed by atoms with Crippen LogP contribution in [0.25, 0.3) is 0 Å². The Hall–Kier alpha value is -1.30. The van der Waals surface area contributed by atoms with E-state index in [1.54, 1.807) is 6.07 Å². The van der Waals surface area contributed by atoms with Gasteiger partial charge in [0.2, 0.25) is 0 Å². The molecule has 1 atom stereocenters. The lowest BCUT2D eigenvalue weighted by Crippen LogP contribution is -2.30. The second-order valence-electron chi connectivity index (χ2n) is 4.34. The quantitative estimate of drug-likeness (QED) is 0.671. The maximum absolute atomic E-state index is 13.5. The largest absolute Gasteiger partial charge is 0.271 e. The van der Waals surface area contributed by atoms with Gasteiger partial charge in [0.25, 0.3) is 0 Å². The molecule has 2 rings (SSSR count). The third-order valence-corrected chi connectivity index (χ3v) is 3.81. The third-order valence-electron chi connectivity index (χ3n) is 2.92. The van der Waals surface area contributed by atoms with Crippen LogP contribution in [0.4, 0.5) is 4.39 Å². The molecule has 3 nitrogen and oxygen atoms in total. The minimum absolute atomic E-state index is 0.155. The Morgan fingerprint density at radius 3 is 2.74 bits per heavy atom. The average molecular weight is 324 g/mol. The first-order valence-electron chi connectivity index (χ1n) is 5.94. The highest BCUT2D eigenvalue weighted by atomic mass is 79.9. The van der Waals surface area contributed by atoms with Crippen LogP contribution in [-0.4, -0.2) is 4.98 Å². The fourth-order valence-corrected chi connectivity index (χ4v) is 2.36. The molecule has 1 aromatic carbocycles. The minimum Gasteiger partial charge on any atom is -0.271 e. The number of nitrogens with zero attached hydrogens (tertiary/aromatic N) is 1. The predicted octanol–water partition coefficient (Wildman–Crippen LogP) is 3.04. The molecule has 1 aromatic heterocycles.